The molecule has 1 N–H and O–H groups in total. The van der Waals surface area contributed by atoms with Crippen LogP contribution < -0.4 is 5.32 Å². The molecular formula is C26H47N5O5S. The predicted octanol–water partition coefficient (Wildman–Crippen LogP) is 1.24. The van der Waals surface area contributed by atoms with Crippen molar-refractivity contribution in [1.82, 2.24) is 23.7 Å². The molecule has 10 nitrogen and oxygen atoms in total. The summed E-state index contributed by atoms with van der Waals surface area (Å²) in [4.78, 5) is 18.1. The highest BCUT2D eigenvalue weighted by molar-refractivity contribution is 7.86. The molecule has 37 heavy (non-hydrogen) atoms. The lowest BCUT2D eigenvalue weighted by Gasteiger charge is -2.40. The maximum absolute atomic E-state index is 13.3. The van der Waals surface area contributed by atoms with Gasteiger partial charge in [-0.1, -0.05) is 6.42 Å². The normalized spacial score (nSPS) is 29.6. The fraction of sp³-hybridized carbons (Fsp3) is 0.962. The van der Waals surface area contributed by atoms with E-state index in [1.807, 2.05) is 0 Å². The minimum absolute atomic E-state index is 0.00550. The van der Waals surface area contributed by atoms with E-state index in [4.69, 9.17) is 9.47 Å². The molecule has 5 aliphatic rings. The Kier molecular flexibility index (Phi) is 9.42. The van der Waals surface area contributed by atoms with Gasteiger partial charge in [-0.3, -0.25) is 4.79 Å². The third kappa shape index (κ3) is 6.85. The molecule has 5 aliphatic heterocycles. The number of carbonyl (C=O) groups excluding carboxylic acids is 1. The molecule has 5 rings (SSSR count). The highest BCUT2D eigenvalue weighted by Crippen LogP contribution is 2.33. The molecule has 5 fully saturated rings. The van der Waals surface area contributed by atoms with Crippen LogP contribution in [0.2, 0.25) is 0 Å². The van der Waals surface area contributed by atoms with Crippen molar-refractivity contribution in [2.24, 2.45) is 5.92 Å². The van der Waals surface area contributed by atoms with Gasteiger partial charge in [0.1, 0.15) is 0 Å². The lowest BCUT2D eigenvalue weighted by molar-refractivity contribution is -0.179. The summed E-state index contributed by atoms with van der Waals surface area (Å²) in [7, 11) is -3.58. The molecule has 11 heteroatoms. The second-order valence-corrected chi connectivity index (χ2v) is 13.5. The molecule has 0 bridgehead atoms. The van der Waals surface area contributed by atoms with E-state index >= 15 is 0 Å². The number of likely N-dealkylation sites (tertiary alicyclic amines) is 2. The molecule has 0 aromatic heterocycles. The SMILES string of the molecule is O=C(NCCCN1CCC(N2CCCCC2)CC1)[C@@H]1CCCN(S(=O)(=O)N2CCC3(CC2)OCCO3)C1. The van der Waals surface area contributed by atoms with Crippen LogP contribution in [0.25, 0.3) is 0 Å². The lowest BCUT2D eigenvalue weighted by Crippen LogP contribution is -2.54. The van der Waals surface area contributed by atoms with Crippen LogP contribution in [-0.4, -0.2) is 123 Å². The Morgan fingerprint density at radius 2 is 1.54 bits per heavy atom. The van der Waals surface area contributed by atoms with Crippen molar-refractivity contribution in [2.45, 2.75) is 76.0 Å². The smallest absolute Gasteiger partial charge is 0.282 e. The summed E-state index contributed by atoms with van der Waals surface area (Å²) in [5.74, 6) is -0.880. The van der Waals surface area contributed by atoms with Crippen molar-refractivity contribution < 1.29 is 22.7 Å². The second kappa shape index (κ2) is 12.6. The van der Waals surface area contributed by atoms with Crippen LogP contribution in [0.1, 0.15) is 64.2 Å². The van der Waals surface area contributed by atoms with Gasteiger partial charge in [-0.15, -0.1) is 0 Å². The third-order valence-corrected chi connectivity index (χ3v) is 11.1. The molecule has 0 aliphatic carbocycles. The van der Waals surface area contributed by atoms with Crippen LogP contribution in [0.4, 0.5) is 0 Å². The Balaban J connectivity index is 0.998. The van der Waals surface area contributed by atoms with Gasteiger partial charge < -0.3 is 24.6 Å². The number of hydrogen-bond donors (Lipinski definition) is 1. The van der Waals surface area contributed by atoms with Gasteiger partial charge in [0.2, 0.25) is 5.91 Å². The van der Waals surface area contributed by atoms with Gasteiger partial charge >= 0.3 is 0 Å². The Morgan fingerprint density at radius 3 is 2.24 bits per heavy atom. The maximum Gasteiger partial charge on any atom is 0.282 e. The number of amides is 1. The number of nitrogens with one attached hydrogen (secondary N) is 1. The molecule has 0 aromatic carbocycles. The number of hydrogen-bond acceptors (Lipinski definition) is 7. The fourth-order valence-corrected chi connectivity index (χ4v) is 8.52. The van der Waals surface area contributed by atoms with Crippen LogP contribution >= 0.6 is 0 Å². The quantitative estimate of drug-likeness (QED) is 0.462. The van der Waals surface area contributed by atoms with E-state index in [0.717, 1.165) is 38.5 Å². The van der Waals surface area contributed by atoms with E-state index in [1.165, 1.54) is 53.8 Å². The van der Waals surface area contributed by atoms with Crippen LogP contribution in [0.3, 0.4) is 0 Å². The Hall–Kier alpha value is -0.820. The highest BCUT2D eigenvalue weighted by Gasteiger charge is 2.44. The van der Waals surface area contributed by atoms with Gasteiger partial charge in [-0.25, -0.2) is 0 Å². The van der Waals surface area contributed by atoms with Crippen molar-refractivity contribution in [1.29, 1.82) is 0 Å². The zero-order valence-electron chi connectivity index (χ0n) is 22.4. The largest absolute Gasteiger partial charge is 0.356 e. The summed E-state index contributed by atoms with van der Waals surface area (Å²) in [6.45, 7) is 9.22. The molecule has 1 spiro atoms. The zero-order chi connectivity index (χ0) is 25.7. The lowest BCUT2D eigenvalue weighted by atomic mass is 9.99. The van der Waals surface area contributed by atoms with Crippen LogP contribution in [0.5, 0.6) is 0 Å². The van der Waals surface area contributed by atoms with E-state index in [2.05, 4.69) is 15.1 Å². The summed E-state index contributed by atoms with van der Waals surface area (Å²) in [5, 5.41) is 3.09. The van der Waals surface area contributed by atoms with Crippen molar-refractivity contribution >= 4 is 16.1 Å². The van der Waals surface area contributed by atoms with E-state index in [-0.39, 0.29) is 18.4 Å². The van der Waals surface area contributed by atoms with Crippen molar-refractivity contribution in [3.63, 3.8) is 0 Å². The summed E-state index contributed by atoms with van der Waals surface area (Å²) in [5.41, 5.74) is 0. The standard InChI is InChI=1S/C26H47N5O5S/c32-25(27-11-5-12-28-16-7-24(8-17-28)29-13-2-1-3-14-29)23-6-4-15-31(22-23)37(33,34)30-18-9-26(10-19-30)35-20-21-36-26/h23-24H,1-22H2,(H,27,32)/t23-/m1/s1. The van der Waals surface area contributed by atoms with Crippen molar-refractivity contribution in [2.75, 3.05) is 78.7 Å². The first-order valence-corrected chi connectivity index (χ1v) is 16.1. The summed E-state index contributed by atoms with van der Waals surface area (Å²) in [6, 6.07) is 0.761. The monoisotopic (exact) mass is 541 g/mol. The molecule has 0 unspecified atom stereocenters. The number of piperidine rings is 4. The number of ether oxygens (including phenoxy) is 2. The van der Waals surface area contributed by atoms with E-state index in [0.29, 0.717) is 58.7 Å². The van der Waals surface area contributed by atoms with E-state index in [9.17, 15) is 13.2 Å². The summed E-state index contributed by atoms with van der Waals surface area (Å²) in [6.07, 6.45) is 10.1. The molecular weight excluding hydrogens is 494 g/mol. The fourth-order valence-electron chi connectivity index (χ4n) is 6.82. The van der Waals surface area contributed by atoms with Crippen molar-refractivity contribution in [3.8, 4) is 0 Å². The number of rotatable bonds is 8. The average Bonchev–Trinajstić information content (AvgIpc) is 3.39. The Morgan fingerprint density at radius 1 is 0.838 bits per heavy atom. The predicted molar refractivity (Wildman–Crippen MR) is 141 cm³/mol. The molecule has 0 radical (unpaired) electrons. The van der Waals surface area contributed by atoms with Crippen molar-refractivity contribution in [3.05, 3.63) is 0 Å². The Labute approximate surface area is 223 Å². The molecule has 212 valence electrons. The summed E-state index contributed by atoms with van der Waals surface area (Å²) >= 11 is 0. The second-order valence-electron chi connectivity index (χ2n) is 11.5. The van der Waals surface area contributed by atoms with Crippen LogP contribution in [0.15, 0.2) is 0 Å². The van der Waals surface area contributed by atoms with Gasteiger partial charge in [0.25, 0.3) is 10.2 Å². The number of nitrogens with zero attached hydrogens (tertiary/aromatic N) is 4. The number of carbonyl (C=O) groups is 1. The maximum atomic E-state index is 13.3. The molecule has 1 amide bonds. The first-order chi connectivity index (χ1) is 18.0. The third-order valence-electron chi connectivity index (χ3n) is 9.12. The van der Waals surface area contributed by atoms with E-state index < -0.39 is 16.0 Å². The molecule has 0 aromatic rings. The minimum atomic E-state index is -3.58. The van der Waals surface area contributed by atoms with Gasteiger partial charge in [-0.2, -0.15) is 17.0 Å². The van der Waals surface area contributed by atoms with Gasteiger partial charge in [0.05, 0.1) is 19.1 Å². The molecule has 1 atom stereocenters. The van der Waals surface area contributed by atoms with Gasteiger partial charge in [0, 0.05) is 51.6 Å². The first-order valence-electron chi connectivity index (χ1n) is 14.7. The Bertz CT molecular complexity index is 843. The highest BCUT2D eigenvalue weighted by atomic mass is 32.2. The van der Waals surface area contributed by atoms with Gasteiger partial charge in [0.15, 0.2) is 5.79 Å². The first kappa shape index (κ1) is 27.7. The molecule has 0 saturated carbocycles. The molecule has 5 saturated heterocycles. The van der Waals surface area contributed by atoms with E-state index in [1.54, 1.807) is 0 Å². The topological polar surface area (TPSA) is 94.7 Å². The van der Waals surface area contributed by atoms with Gasteiger partial charge in [-0.05, 0) is 77.7 Å². The average molecular weight is 542 g/mol. The minimum Gasteiger partial charge on any atom is -0.356 e. The zero-order valence-corrected chi connectivity index (χ0v) is 23.3. The summed E-state index contributed by atoms with van der Waals surface area (Å²) < 4.78 is 41.1. The van der Waals surface area contributed by atoms with Crippen LogP contribution in [-0.2, 0) is 24.5 Å². The van der Waals surface area contributed by atoms with Crippen LogP contribution in [0, 0.1) is 5.92 Å². The molecule has 5 heterocycles.